The summed E-state index contributed by atoms with van der Waals surface area (Å²) in [5.74, 6) is -0.139. The van der Waals surface area contributed by atoms with Crippen molar-refractivity contribution in [1.82, 2.24) is 5.32 Å². The Labute approximate surface area is 105 Å². The molecule has 16 heavy (non-hydrogen) atoms. The Morgan fingerprint density at radius 1 is 1.44 bits per heavy atom. The Hall–Kier alpha value is -0.410. The molecule has 1 heterocycles. The van der Waals surface area contributed by atoms with Gasteiger partial charge in [-0.15, -0.1) is 0 Å². The van der Waals surface area contributed by atoms with Crippen LogP contribution in [0.5, 0.6) is 0 Å². The molecule has 1 fully saturated rings. The highest BCUT2D eigenvalue weighted by molar-refractivity contribution is 9.10. The summed E-state index contributed by atoms with van der Waals surface area (Å²) < 4.78 is 14.0. The highest BCUT2D eigenvalue weighted by atomic mass is 79.9. The number of aryl methyl sites for hydroxylation is 1. The van der Waals surface area contributed by atoms with Crippen molar-refractivity contribution in [1.29, 1.82) is 0 Å². The summed E-state index contributed by atoms with van der Waals surface area (Å²) in [5.41, 5.74) is 1.94. The van der Waals surface area contributed by atoms with Crippen LogP contribution < -0.4 is 5.32 Å². The van der Waals surface area contributed by atoms with E-state index in [9.17, 15) is 4.39 Å². The molecule has 88 valence electrons. The topological polar surface area (TPSA) is 12.0 Å². The molecule has 1 N–H and O–H groups in total. The molecule has 1 saturated heterocycles. The number of benzene rings is 1. The summed E-state index contributed by atoms with van der Waals surface area (Å²) in [4.78, 5) is 0. The molecular weight excluding hydrogens is 269 g/mol. The fourth-order valence-corrected chi connectivity index (χ4v) is 2.90. The zero-order valence-corrected chi connectivity index (χ0v) is 11.1. The van der Waals surface area contributed by atoms with Crippen molar-refractivity contribution in [3.63, 3.8) is 0 Å². The third-order valence-electron chi connectivity index (χ3n) is 3.16. The number of hydrogen-bond donors (Lipinski definition) is 1. The van der Waals surface area contributed by atoms with Gasteiger partial charge >= 0.3 is 0 Å². The standard InChI is InChI=1S/C13H17BrFN/c1-9-6-10(8-12(14)13(9)15)7-11-4-2-3-5-16-11/h6,8,11,16H,2-5,7H2,1H3. The predicted octanol–water partition coefficient (Wildman–Crippen LogP) is 3.58. The second kappa shape index (κ2) is 5.28. The fourth-order valence-electron chi connectivity index (χ4n) is 2.30. The van der Waals surface area contributed by atoms with Gasteiger partial charge < -0.3 is 5.32 Å². The normalized spacial score (nSPS) is 21.1. The van der Waals surface area contributed by atoms with E-state index < -0.39 is 0 Å². The minimum Gasteiger partial charge on any atom is -0.314 e. The van der Waals surface area contributed by atoms with Gasteiger partial charge in [-0.25, -0.2) is 4.39 Å². The van der Waals surface area contributed by atoms with E-state index in [1.54, 1.807) is 0 Å². The van der Waals surface area contributed by atoms with Gasteiger partial charge in [-0.2, -0.15) is 0 Å². The Kier molecular flexibility index (Phi) is 3.98. The molecule has 0 saturated carbocycles. The number of halogens is 2. The lowest BCUT2D eigenvalue weighted by Crippen LogP contribution is -2.35. The van der Waals surface area contributed by atoms with Gasteiger partial charge in [0.2, 0.25) is 0 Å². The monoisotopic (exact) mass is 285 g/mol. The Morgan fingerprint density at radius 3 is 2.88 bits per heavy atom. The molecule has 1 nitrogen and oxygen atoms in total. The van der Waals surface area contributed by atoms with Crippen LogP contribution in [0.15, 0.2) is 16.6 Å². The first-order valence-corrected chi connectivity index (χ1v) is 6.64. The largest absolute Gasteiger partial charge is 0.314 e. The first-order valence-electron chi connectivity index (χ1n) is 5.84. The minimum atomic E-state index is -0.139. The van der Waals surface area contributed by atoms with Crippen LogP contribution in [0.4, 0.5) is 4.39 Å². The van der Waals surface area contributed by atoms with Crippen molar-refractivity contribution in [2.24, 2.45) is 0 Å². The van der Waals surface area contributed by atoms with Crippen LogP contribution in [0.3, 0.4) is 0 Å². The summed E-state index contributed by atoms with van der Waals surface area (Å²) >= 11 is 3.27. The van der Waals surface area contributed by atoms with Crippen LogP contribution >= 0.6 is 15.9 Å². The van der Waals surface area contributed by atoms with E-state index in [4.69, 9.17) is 0 Å². The molecule has 1 aromatic rings. The highest BCUT2D eigenvalue weighted by Crippen LogP contribution is 2.22. The Balaban J connectivity index is 2.09. The van der Waals surface area contributed by atoms with Gasteiger partial charge in [-0.3, -0.25) is 0 Å². The van der Waals surface area contributed by atoms with Crippen LogP contribution in [0.2, 0.25) is 0 Å². The van der Waals surface area contributed by atoms with Gasteiger partial charge in [0.25, 0.3) is 0 Å². The molecule has 1 unspecified atom stereocenters. The summed E-state index contributed by atoms with van der Waals surface area (Å²) in [6, 6.07) is 4.42. The summed E-state index contributed by atoms with van der Waals surface area (Å²) in [7, 11) is 0. The van der Waals surface area contributed by atoms with Gasteiger partial charge in [0.1, 0.15) is 5.82 Å². The van der Waals surface area contributed by atoms with Crippen LogP contribution in [0.25, 0.3) is 0 Å². The van der Waals surface area contributed by atoms with E-state index in [1.807, 2.05) is 19.1 Å². The molecule has 1 aliphatic rings. The molecule has 1 aliphatic heterocycles. The molecular formula is C13H17BrFN. The second-order valence-electron chi connectivity index (χ2n) is 4.56. The zero-order chi connectivity index (χ0) is 11.5. The third kappa shape index (κ3) is 2.83. The molecule has 1 aromatic carbocycles. The zero-order valence-electron chi connectivity index (χ0n) is 9.52. The number of hydrogen-bond acceptors (Lipinski definition) is 1. The van der Waals surface area contributed by atoms with Crippen LogP contribution in [0.1, 0.15) is 30.4 Å². The number of piperidine rings is 1. The van der Waals surface area contributed by atoms with Crippen LogP contribution in [0, 0.1) is 12.7 Å². The molecule has 0 bridgehead atoms. The number of rotatable bonds is 2. The lowest BCUT2D eigenvalue weighted by atomic mass is 9.97. The van der Waals surface area contributed by atoms with Crippen molar-refractivity contribution >= 4 is 15.9 Å². The van der Waals surface area contributed by atoms with Gasteiger partial charge in [0.05, 0.1) is 4.47 Å². The molecule has 1 atom stereocenters. The SMILES string of the molecule is Cc1cc(CC2CCCCN2)cc(Br)c1F. The maximum atomic E-state index is 13.4. The van der Waals surface area contributed by atoms with E-state index in [1.165, 1.54) is 24.8 Å². The molecule has 0 aromatic heterocycles. The van der Waals surface area contributed by atoms with E-state index in [0.29, 0.717) is 10.5 Å². The number of nitrogens with one attached hydrogen (secondary N) is 1. The summed E-state index contributed by atoms with van der Waals surface area (Å²) in [6.45, 7) is 2.93. The fraction of sp³-hybridized carbons (Fsp3) is 0.538. The van der Waals surface area contributed by atoms with E-state index in [-0.39, 0.29) is 5.82 Å². The smallest absolute Gasteiger partial charge is 0.140 e. The highest BCUT2D eigenvalue weighted by Gasteiger charge is 2.14. The van der Waals surface area contributed by atoms with Gasteiger partial charge in [-0.05, 0) is 65.9 Å². The molecule has 3 heteroatoms. The second-order valence-corrected chi connectivity index (χ2v) is 5.41. The van der Waals surface area contributed by atoms with E-state index in [2.05, 4.69) is 21.2 Å². The van der Waals surface area contributed by atoms with Gasteiger partial charge in [-0.1, -0.05) is 12.5 Å². The third-order valence-corrected chi connectivity index (χ3v) is 3.74. The van der Waals surface area contributed by atoms with E-state index in [0.717, 1.165) is 18.5 Å². The van der Waals surface area contributed by atoms with Crippen molar-refractivity contribution in [3.05, 3.63) is 33.5 Å². The summed E-state index contributed by atoms with van der Waals surface area (Å²) in [6.07, 6.45) is 4.81. The van der Waals surface area contributed by atoms with Gasteiger partial charge in [0.15, 0.2) is 0 Å². The van der Waals surface area contributed by atoms with Crippen molar-refractivity contribution in [2.45, 2.75) is 38.6 Å². The molecule has 0 aliphatic carbocycles. The maximum absolute atomic E-state index is 13.4. The Bertz CT molecular complexity index is 349. The molecule has 0 radical (unpaired) electrons. The van der Waals surface area contributed by atoms with E-state index >= 15 is 0 Å². The van der Waals surface area contributed by atoms with Gasteiger partial charge in [0, 0.05) is 6.04 Å². The lowest BCUT2D eigenvalue weighted by molar-refractivity contribution is 0.399. The maximum Gasteiger partial charge on any atom is 0.140 e. The minimum absolute atomic E-state index is 0.139. The lowest BCUT2D eigenvalue weighted by Gasteiger charge is -2.23. The van der Waals surface area contributed by atoms with Crippen LogP contribution in [-0.2, 0) is 6.42 Å². The Morgan fingerprint density at radius 2 is 2.25 bits per heavy atom. The average molecular weight is 286 g/mol. The quantitative estimate of drug-likeness (QED) is 0.876. The van der Waals surface area contributed by atoms with Crippen molar-refractivity contribution in [3.8, 4) is 0 Å². The first-order chi connectivity index (χ1) is 7.66. The molecule has 0 amide bonds. The first kappa shape index (κ1) is 12.1. The van der Waals surface area contributed by atoms with Crippen LogP contribution in [-0.4, -0.2) is 12.6 Å². The summed E-state index contributed by atoms with van der Waals surface area (Å²) in [5, 5.41) is 3.51. The predicted molar refractivity (Wildman–Crippen MR) is 68.2 cm³/mol. The molecule has 0 spiro atoms. The van der Waals surface area contributed by atoms with Crippen molar-refractivity contribution < 1.29 is 4.39 Å². The van der Waals surface area contributed by atoms with Crippen molar-refractivity contribution in [2.75, 3.05) is 6.54 Å². The molecule has 2 rings (SSSR count). The average Bonchev–Trinajstić information content (AvgIpc) is 2.27.